The van der Waals surface area contributed by atoms with Gasteiger partial charge in [0.05, 0.1) is 47.6 Å². The minimum Gasteiger partial charge on any atom is -0.448 e. The summed E-state index contributed by atoms with van der Waals surface area (Å²) in [6, 6.07) is -0.285. The summed E-state index contributed by atoms with van der Waals surface area (Å²) in [4.78, 5) is 29.7. The number of likely N-dealkylation sites (N-methyl/N-ethyl adjacent to an activating group) is 1. The van der Waals surface area contributed by atoms with E-state index in [2.05, 4.69) is 0 Å². The zero-order valence-corrected chi connectivity index (χ0v) is 34.7. The number of nitrogens with zero attached hydrogens (tertiary/aromatic N) is 1. The molecule has 15 heteroatoms. The summed E-state index contributed by atoms with van der Waals surface area (Å²) < 4.78 is 42.4. The highest BCUT2D eigenvalue weighted by atomic mass is 127. The fourth-order valence-corrected chi connectivity index (χ4v) is 8.41. The summed E-state index contributed by atoms with van der Waals surface area (Å²) in [7, 11) is 6.75. The third kappa shape index (κ3) is 9.46. The Labute approximate surface area is 317 Å². The van der Waals surface area contributed by atoms with Crippen molar-refractivity contribution in [1.29, 1.82) is 0 Å². The Morgan fingerprint density at radius 1 is 0.882 bits per heavy atom. The molecule has 0 saturated carbocycles. The van der Waals surface area contributed by atoms with Crippen molar-refractivity contribution < 1.29 is 63.2 Å². The summed E-state index contributed by atoms with van der Waals surface area (Å²) in [5.41, 5.74) is -4.28. The highest BCUT2D eigenvalue weighted by molar-refractivity contribution is 14.1. The lowest BCUT2D eigenvalue weighted by atomic mass is 9.73. The molecule has 0 unspecified atom stereocenters. The molecule has 4 N–H and O–H groups in total. The number of esters is 1. The Hall–Kier alpha value is -0.570. The first-order valence-electron chi connectivity index (χ1n) is 18.0. The third-order valence-electron chi connectivity index (χ3n) is 12.0. The van der Waals surface area contributed by atoms with Crippen LogP contribution in [-0.4, -0.2) is 148 Å². The second kappa shape index (κ2) is 17.5. The maximum Gasteiger partial charge on any atom is 0.312 e. The number of hydrogen-bond acceptors (Lipinski definition) is 14. The first kappa shape index (κ1) is 44.8. The molecule has 0 spiro atoms. The number of carbonyl (C=O) groups is 2. The number of Topliss-reactive ketones (excluding diaryl/α,β-unsaturated/α-hetero) is 1. The molecule has 3 aliphatic heterocycles. The average Bonchev–Trinajstić information content (AvgIpc) is 3.07. The minimum atomic E-state index is -1.98. The maximum absolute atomic E-state index is 14.0. The van der Waals surface area contributed by atoms with E-state index in [0.717, 1.165) is 0 Å². The van der Waals surface area contributed by atoms with Crippen LogP contribution in [0, 0.1) is 23.7 Å². The van der Waals surface area contributed by atoms with Gasteiger partial charge >= 0.3 is 5.97 Å². The average molecular weight is 846 g/mol. The number of ketones is 1. The van der Waals surface area contributed by atoms with Crippen LogP contribution in [0.25, 0.3) is 0 Å². The molecule has 0 aromatic heterocycles. The molecule has 51 heavy (non-hydrogen) atoms. The maximum atomic E-state index is 14.0. The van der Waals surface area contributed by atoms with Crippen LogP contribution in [0.5, 0.6) is 0 Å². The molecule has 3 fully saturated rings. The second-order valence-corrected chi connectivity index (χ2v) is 17.1. The normalized spacial score (nSPS) is 49.7. The summed E-state index contributed by atoms with van der Waals surface area (Å²) >= 11 is 1.75. The number of cyclic esters (lactones) is 1. The number of carbonyl (C=O) groups excluding carboxylic acids is 2. The zero-order chi connectivity index (χ0) is 39.0. The van der Waals surface area contributed by atoms with Crippen molar-refractivity contribution in [1.82, 2.24) is 4.90 Å². The van der Waals surface area contributed by atoms with Gasteiger partial charge in [0.15, 0.2) is 16.7 Å². The van der Waals surface area contributed by atoms with Crippen molar-refractivity contribution in [2.45, 2.75) is 164 Å². The molecule has 3 aliphatic rings. The number of ether oxygens (including phenoxy) is 7. The highest BCUT2D eigenvalue weighted by Gasteiger charge is 2.54. The van der Waals surface area contributed by atoms with Crippen molar-refractivity contribution in [3.8, 4) is 0 Å². The van der Waals surface area contributed by atoms with Crippen LogP contribution in [0.3, 0.4) is 0 Å². The van der Waals surface area contributed by atoms with Gasteiger partial charge in [-0.3, -0.25) is 9.59 Å². The summed E-state index contributed by atoms with van der Waals surface area (Å²) in [5.74, 6) is -4.39. The van der Waals surface area contributed by atoms with E-state index in [9.17, 15) is 30.0 Å². The van der Waals surface area contributed by atoms with Gasteiger partial charge in [0.1, 0.15) is 23.6 Å². The smallest absolute Gasteiger partial charge is 0.312 e. The molecule has 3 rings (SSSR count). The monoisotopic (exact) mass is 845 g/mol. The summed E-state index contributed by atoms with van der Waals surface area (Å²) in [5, 5.41) is 45.1. The fourth-order valence-electron chi connectivity index (χ4n) is 7.79. The SMILES string of the molecule is CO[C@]1(C)[C@H](C)CC(=O)[C@H](C)[C@@H](O)[C@](C)(O)[C@@H](I)OC(=O)[C@H](C)[C@@H](O[C@H]2C[C@@](C)(OC)[C@@H](O)[C@H](C)O2)[C@H](C)[C@H]1O[C@@H]1O[C@H](C)C[C@H](N(C)C)[C@H]1O. The molecule has 0 aromatic rings. The highest BCUT2D eigenvalue weighted by Crippen LogP contribution is 2.42. The van der Waals surface area contributed by atoms with E-state index in [1.807, 2.05) is 39.8 Å². The van der Waals surface area contributed by atoms with E-state index >= 15 is 0 Å². The molecular formula is C36H64INO13. The molecule has 18 atom stereocenters. The van der Waals surface area contributed by atoms with E-state index in [1.54, 1.807) is 50.3 Å². The standard InChI is InChI=1S/C36H64INO13/c1-17-14-24(39)19(3)28(41)35(8,44)33(37)51-31(43)21(5)27(49-25-16-34(7,45-12)29(42)22(6)48-25)20(4)30(36(17,9)46-13)50-32-26(40)23(38(10)11)15-18(2)47-32/h17-23,25-30,32-33,40-42,44H,14-16H2,1-13H3/t17-,18-,19+,20+,21-,22+,23+,25+,26-,27+,28-,29+,30-,32+,33+,34-,35+,36-/m1/s1. The fraction of sp³-hybridized carbons (Fsp3) is 0.944. The van der Waals surface area contributed by atoms with Gasteiger partial charge < -0.3 is 58.5 Å². The van der Waals surface area contributed by atoms with Crippen LogP contribution >= 0.6 is 22.6 Å². The van der Waals surface area contributed by atoms with Crippen molar-refractivity contribution in [3.63, 3.8) is 0 Å². The van der Waals surface area contributed by atoms with Gasteiger partial charge in [0.25, 0.3) is 0 Å². The summed E-state index contributed by atoms with van der Waals surface area (Å²) in [6.07, 6.45) is -7.94. The topological polar surface area (TPSA) is 183 Å². The molecule has 0 radical (unpaired) electrons. The van der Waals surface area contributed by atoms with Crippen molar-refractivity contribution >= 4 is 34.3 Å². The molecule has 0 aromatic carbocycles. The van der Waals surface area contributed by atoms with Crippen molar-refractivity contribution in [3.05, 3.63) is 0 Å². The molecule has 0 bridgehead atoms. The van der Waals surface area contributed by atoms with Crippen LogP contribution in [0.2, 0.25) is 0 Å². The lowest BCUT2D eigenvalue weighted by molar-refractivity contribution is -0.321. The molecule has 14 nitrogen and oxygen atoms in total. The number of hydrogen-bond donors (Lipinski definition) is 4. The van der Waals surface area contributed by atoms with E-state index in [1.165, 1.54) is 28.1 Å². The van der Waals surface area contributed by atoms with Crippen molar-refractivity contribution in [2.24, 2.45) is 23.7 Å². The largest absolute Gasteiger partial charge is 0.448 e. The minimum absolute atomic E-state index is 0.0594. The molecule has 3 heterocycles. The Balaban J connectivity index is 2.21. The third-order valence-corrected chi connectivity index (χ3v) is 13.5. The van der Waals surface area contributed by atoms with Gasteiger partial charge in [-0.25, -0.2) is 0 Å². The van der Waals surface area contributed by atoms with Gasteiger partial charge in [0.2, 0.25) is 0 Å². The first-order chi connectivity index (χ1) is 23.5. The molecule has 0 amide bonds. The quantitative estimate of drug-likeness (QED) is 0.167. The number of aliphatic hydroxyl groups is 4. The Kier molecular flexibility index (Phi) is 15.4. The van der Waals surface area contributed by atoms with Crippen LogP contribution in [0.1, 0.15) is 81.6 Å². The zero-order valence-electron chi connectivity index (χ0n) is 32.6. The van der Waals surface area contributed by atoms with Crippen LogP contribution in [0.4, 0.5) is 0 Å². The Morgan fingerprint density at radius 2 is 1.49 bits per heavy atom. The number of methoxy groups -OCH3 is 2. The lowest BCUT2D eigenvalue weighted by Crippen LogP contribution is -2.62. The van der Waals surface area contributed by atoms with Crippen LogP contribution < -0.4 is 0 Å². The number of alkyl halides is 1. The second-order valence-electron chi connectivity index (χ2n) is 16.0. The Bertz CT molecular complexity index is 1180. The molecule has 298 valence electrons. The molecular weight excluding hydrogens is 781 g/mol. The van der Waals surface area contributed by atoms with Gasteiger partial charge in [-0.05, 0) is 90.6 Å². The van der Waals surface area contributed by atoms with Gasteiger partial charge in [0, 0.05) is 44.9 Å². The molecule has 0 aliphatic carbocycles. The van der Waals surface area contributed by atoms with Crippen molar-refractivity contribution in [2.75, 3.05) is 28.3 Å². The van der Waals surface area contributed by atoms with Gasteiger partial charge in [-0.1, -0.05) is 20.8 Å². The predicted octanol–water partition coefficient (Wildman–Crippen LogP) is 2.42. The first-order valence-corrected chi connectivity index (χ1v) is 19.2. The number of rotatable bonds is 7. The van der Waals surface area contributed by atoms with E-state index in [4.69, 9.17) is 33.2 Å². The predicted molar refractivity (Wildman–Crippen MR) is 195 cm³/mol. The lowest BCUT2D eigenvalue weighted by Gasteiger charge is -2.50. The Morgan fingerprint density at radius 3 is 2.04 bits per heavy atom. The van der Waals surface area contributed by atoms with Gasteiger partial charge in [-0.2, -0.15) is 0 Å². The van der Waals surface area contributed by atoms with Crippen LogP contribution in [0.15, 0.2) is 0 Å². The molecule has 3 saturated heterocycles. The number of aliphatic hydroxyl groups excluding tert-OH is 3. The van der Waals surface area contributed by atoms with Crippen LogP contribution in [-0.2, 0) is 42.7 Å². The number of halogens is 1. The van der Waals surface area contributed by atoms with E-state index in [0.29, 0.717) is 6.42 Å². The van der Waals surface area contributed by atoms with E-state index < -0.39 is 99.8 Å². The van der Waals surface area contributed by atoms with E-state index in [-0.39, 0.29) is 30.8 Å². The van der Waals surface area contributed by atoms with Gasteiger partial charge in [-0.15, -0.1) is 0 Å². The summed E-state index contributed by atoms with van der Waals surface area (Å²) in [6.45, 7) is 15.3.